The first kappa shape index (κ1) is 23.1. The van der Waals surface area contributed by atoms with E-state index in [1.807, 2.05) is 12.1 Å². The monoisotopic (exact) mass is 488 g/mol. The first-order chi connectivity index (χ1) is 16.8. The summed E-state index contributed by atoms with van der Waals surface area (Å²) in [5, 5.41) is 16.4. The molecular weight excluding hydrogens is 460 g/mol. The maximum absolute atomic E-state index is 13.2. The number of nitrogens with two attached hydrogens (primary N) is 1. The van der Waals surface area contributed by atoms with Gasteiger partial charge in [-0.1, -0.05) is 38.0 Å². The quantitative estimate of drug-likeness (QED) is 0.264. The maximum Gasteiger partial charge on any atom is 0.404 e. The lowest BCUT2D eigenvalue weighted by atomic mass is 9.80. The maximum atomic E-state index is 13.2. The molecule has 0 spiro atoms. The lowest BCUT2D eigenvalue weighted by Gasteiger charge is -2.24. The summed E-state index contributed by atoms with van der Waals surface area (Å²) in [5.74, 6) is -0.282. The van der Waals surface area contributed by atoms with Crippen LogP contribution in [0.2, 0.25) is 0 Å². The van der Waals surface area contributed by atoms with Crippen molar-refractivity contribution in [2.45, 2.75) is 44.1 Å². The molecule has 2 heterocycles. The van der Waals surface area contributed by atoms with Crippen LogP contribution in [0.5, 0.6) is 0 Å². The van der Waals surface area contributed by atoms with Crippen LogP contribution in [0.15, 0.2) is 54.6 Å². The highest BCUT2D eigenvalue weighted by atomic mass is 32.1. The number of carbonyl (C=O) groups is 2. The minimum absolute atomic E-state index is 0.0269. The van der Waals surface area contributed by atoms with Crippen molar-refractivity contribution in [2.24, 2.45) is 0 Å². The Morgan fingerprint density at radius 2 is 1.91 bits per heavy atom. The second-order valence-electron chi connectivity index (χ2n) is 9.55. The van der Waals surface area contributed by atoms with Gasteiger partial charge in [0.2, 0.25) is 0 Å². The van der Waals surface area contributed by atoms with Crippen LogP contribution in [0, 0.1) is 0 Å². The lowest BCUT2D eigenvalue weighted by Crippen LogP contribution is -2.37. The van der Waals surface area contributed by atoms with Gasteiger partial charge in [0.1, 0.15) is 4.83 Å². The topological polar surface area (TPSA) is 117 Å². The number of hydrogen-bond donors (Lipinski definition) is 4. The van der Waals surface area contributed by atoms with Gasteiger partial charge in [-0.3, -0.25) is 4.79 Å². The van der Waals surface area contributed by atoms with Gasteiger partial charge in [-0.2, -0.15) is 0 Å². The molecule has 0 bridgehead atoms. The molecule has 2 amide bonds. The molecule has 1 saturated carbocycles. The van der Waals surface area contributed by atoms with Gasteiger partial charge in [-0.25, -0.2) is 9.78 Å². The fraction of sp³-hybridized carbons (Fsp3) is 0.296. The van der Waals surface area contributed by atoms with Crippen molar-refractivity contribution in [1.82, 2.24) is 15.6 Å². The average Bonchev–Trinajstić information content (AvgIpc) is 3.46. The number of carboxylic acid groups (broad SMARTS) is 1. The van der Waals surface area contributed by atoms with E-state index < -0.39 is 12.1 Å². The normalized spacial score (nSPS) is 15.8. The minimum atomic E-state index is -1.16. The van der Waals surface area contributed by atoms with Gasteiger partial charge in [0.05, 0.1) is 16.4 Å². The summed E-state index contributed by atoms with van der Waals surface area (Å²) in [7, 11) is 0. The van der Waals surface area contributed by atoms with Crippen LogP contribution in [-0.4, -0.2) is 28.6 Å². The van der Waals surface area contributed by atoms with Crippen molar-refractivity contribution in [2.75, 3.05) is 12.3 Å². The number of anilines is 1. The molecule has 2 aromatic heterocycles. The van der Waals surface area contributed by atoms with Gasteiger partial charge in [0.25, 0.3) is 5.91 Å². The van der Waals surface area contributed by atoms with E-state index in [0.29, 0.717) is 10.6 Å². The molecule has 2 aromatic carbocycles. The molecule has 0 saturated heterocycles. The molecule has 8 heteroatoms. The van der Waals surface area contributed by atoms with E-state index in [-0.39, 0.29) is 17.9 Å². The largest absolute Gasteiger partial charge is 0.465 e. The third-order valence-electron chi connectivity index (χ3n) is 7.00. The molecule has 35 heavy (non-hydrogen) atoms. The summed E-state index contributed by atoms with van der Waals surface area (Å²) in [6, 6.07) is 17.0. The van der Waals surface area contributed by atoms with E-state index in [4.69, 9.17) is 15.8 Å². The molecule has 4 aromatic rings. The Kier molecular flexibility index (Phi) is 6.06. The van der Waals surface area contributed by atoms with Crippen LogP contribution >= 0.6 is 11.3 Å². The lowest BCUT2D eigenvalue weighted by molar-refractivity contribution is 0.0939. The number of nitrogens with zero attached hydrogens (tertiary/aromatic N) is 1. The predicted molar refractivity (Wildman–Crippen MR) is 140 cm³/mol. The van der Waals surface area contributed by atoms with Crippen LogP contribution in [0.4, 0.5) is 10.5 Å². The first-order valence-electron chi connectivity index (χ1n) is 11.8. The Balaban J connectivity index is 1.43. The fourth-order valence-electron chi connectivity index (χ4n) is 5.01. The zero-order chi connectivity index (χ0) is 24.6. The highest BCUT2D eigenvalue weighted by molar-refractivity contribution is 7.20. The number of pyridine rings is 1. The minimum Gasteiger partial charge on any atom is -0.465 e. The van der Waals surface area contributed by atoms with E-state index in [9.17, 15) is 9.59 Å². The van der Waals surface area contributed by atoms with Gasteiger partial charge in [0.15, 0.2) is 0 Å². The molecule has 0 aliphatic heterocycles. The Morgan fingerprint density at radius 3 is 2.66 bits per heavy atom. The summed E-state index contributed by atoms with van der Waals surface area (Å²) in [6.45, 7) is 2.37. The van der Waals surface area contributed by atoms with Crippen LogP contribution < -0.4 is 16.4 Å². The molecule has 1 atom stereocenters. The Hall–Kier alpha value is -3.65. The molecule has 0 radical (unpaired) electrons. The van der Waals surface area contributed by atoms with Gasteiger partial charge < -0.3 is 21.5 Å². The van der Waals surface area contributed by atoms with Crippen LogP contribution in [0.25, 0.3) is 21.1 Å². The van der Waals surface area contributed by atoms with Crippen molar-refractivity contribution >= 4 is 50.1 Å². The van der Waals surface area contributed by atoms with Crippen molar-refractivity contribution in [3.8, 4) is 0 Å². The summed E-state index contributed by atoms with van der Waals surface area (Å²) < 4.78 is 0. The van der Waals surface area contributed by atoms with E-state index in [2.05, 4.69) is 41.8 Å². The van der Waals surface area contributed by atoms with Gasteiger partial charge in [0, 0.05) is 23.0 Å². The number of nitrogen functional groups attached to an aromatic ring is 1. The molecular formula is C27H28N4O3S. The van der Waals surface area contributed by atoms with Crippen molar-refractivity contribution in [3.05, 3.63) is 70.6 Å². The summed E-state index contributed by atoms with van der Waals surface area (Å²) >= 11 is 1.33. The number of amides is 2. The second kappa shape index (κ2) is 9.19. The fourth-order valence-corrected chi connectivity index (χ4v) is 5.94. The number of fused-ring (bicyclic) bond motifs is 2. The predicted octanol–water partition coefficient (Wildman–Crippen LogP) is 5.60. The van der Waals surface area contributed by atoms with Gasteiger partial charge in [-0.05, 0) is 65.8 Å². The average molecular weight is 489 g/mol. The number of hydrogen-bond acceptors (Lipinski definition) is 5. The molecule has 1 aliphatic carbocycles. The summed E-state index contributed by atoms with van der Waals surface area (Å²) in [4.78, 5) is 30.4. The van der Waals surface area contributed by atoms with E-state index in [1.54, 1.807) is 18.2 Å². The van der Waals surface area contributed by atoms with Crippen molar-refractivity contribution in [1.29, 1.82) is 0 Å². The SMILES string of the molecule is CC1(c2ccc3nc4sc(C(=O)N[C@H](CNC(=O)O)c5cccc(N)c5)cc4cc3c2)CCCC1. The molecule has 0 unspecified atom stereocenters. The highest BCUT2D eigenvalue weighted by Gasteiger charge is 2.30. The summed E-state index contributed by atoms with van der Waals surface area (Å²) in [5.41, 5.74) is 9.66. The first-order valence-corrected chi connectivity index (χ1v) is 12.6. The third-order valence-corrected chi connectivity index (χ3v) is 8.05. The molecule has 5 N–H and O–H groups in total. The van der Waals surface area contributed by atoms with Crippen LogP contribution in [0.3, 0.4) is 0 Å². The van der Waals surface area contributed by atoms with Gasteiger partial charge >= 0.3 is 6.09 Å². The number of rotatable bonds is 6. The molecule has 1 fully saturated rings. The number of nitrogens with one attached hydrogen (secondary N) is 2. The Morgan fingerprint density at radius 1 is 1.11 bits per heavy atom. The van der Waals surface area contributed by atoms with Crippen LogP contribution in [-0.2, 0) is 5.41 Å². The van der Waals surface area contributed by atoms with Gasteiger partial charge in [-0.15, -0.1) is 11.3 Å². The second-order valence-corrected chi connectivity index (χ2v) is 10.6. The Labute approximate surface area is 207 Å². The molecule has 7 nitrogen and oxygen atoms in total. The van der Waals surface area contributed by atoms with Crippen LogP contribution in [0.1, 0.15) is 59.4 Å². The third kappa shape index (κ3) is 4.79. The van der Waals surface area contributed by atoms with Crippen molar-refractivity contribution in [3.63, 3.8) is 0 Å². The smallest absolute Gasteiger partial charge is 0.404 e. The zero-order valence-electron chi connectivity index (χ0n) is 19.5. The van der Waals surface area contributed by atoms with E-state index >= 15 is 0 Å². The number of benzene rings is 2. The molecule has 5 rings (SSSR count). The summed E-state index contributed by atoms with van der Waals surface area (Å²) in [6.07, 6.45) is 3.81. The van der Waals surface area contributed by atoms with E-state index in [1.165, 1.54) is 42.6 Å². The molecule has 1 aliphatic rings. The Bertz CT molecular complexity index is 1420. The van der Waals surface area contributed by atoms with E-state index in [0.717, 1.165) is 26.7 Å². The number of carbonyl (C=O) groups excluding carboxylic acids is 1. The van der Waals surface area contributed by atoms with Crippen molar-refractivity contribution < 1.29 is 14.7 Å². The number of thiophene rings is 1. The molecule has 180 valence electrons. The highest BCUT2D eigenvalue weighted by Crippen LogP contribution is 2.41. The standard InChI is InChI=1S/C27H28N4O3S/c1-27(9-2-3-10-27)19-7-8-21-17(12-19)11-18-14-23(35-25(18)31-21)24(32)30-22(15-29-26(33)34)16-5-4-6-20(28)13-16/h4-8,11-14,22,29H,2-3,9-10,15,28H2,1H3,(H,30,32)(H,33,34)/t22-/m1/s1. The number of aromatic nitrogens is 1. The zero-order valence-corrected chi connectivity index (χ0v) is 20.3.